The first-order chi connectivity index (χ1) is 7.41. The molecule has 1 heterocycles. The highest BCUT2D eigenvalue weighted by Crippen LogP contribution is 2.17. The lowest BCUT2D eigenvalue weighted by Crippen LogP contribution is -2.15. The van der Waals surface area contributed by atoms with Crippen LogP contribution in [0.1, 0.15) is 32.0 Å². The van der Waals surface area contributed by atoms with Crippen molar-refractivity contribution in [1.29, 1.82) is 0 Å². The molecule has 1 aromatic rings. The van der Waals surface area contributed by atoms with Gasteiger partial charge in [-0.3, -0.25) is 9.48 Å². The summed E-state index contributed by atoms with van der Waals surface area (Å²) in [6.45, 7) is 6.03. The summed E-state index contributed by atoms with van der Waals surface area (Å²) in [4.78, 5) is 10.8. The number of carboxylic acid groups (broad SMARTS) is 1. The average molecular weight is 224 g/mol. The molecular formula is C12H20N2O2. The minimum absolute atomic E-state index is 0.360. The number of aryl methyl sites for hydroxylation is 1. The van der Waals surface area contributed by atoms with Crippen LogP contribution in [-0.2, 0) is 24.7 Å². The molecule has 0 amide bonds. The maximum absolute atomic E-state index is 10.8. The smallest absolute Gasteiger partial charge is 0.306 e. The summed E-state index contributed by atoms with van der Waals surface area (Å²) in [5.41, 5.74) is 2.22. The fraction of sp³-hybridized carbons (Fsp3) is 0.667. The molecule has 0 aliphatic carbocycles. The van der Waals surface area contributed by atoms with E-state index < -0.39 is 5.97 Å². The van der Waals surface area contributed by atoms with Gasteiger partial charge >= 0.3 is 5.97 Å². The quantitative estimate of drug-likeness (QED) is 0.830. The maximum Gasteiger partial charge on any atom is 0.306 e. The third kappa shape index (κ3) is 3.08. The van der Waals surface area contributed by atoms with E-state index in [1.807, 2.05) is 13.2 Å². The topological polar surface area (TPSA) is 55.1 Å². The summed E-state index contributed by atoms with van der Waals surface area (Å²) in [5, 5.41) is 13.1. The van der Waals surface area contributed by atoms with E-state index in [1.54, 1.807) is 11.6 Å². The Morgan fingerprint density at radius 1 is 1.44 bits per heavy atom. The van der Waals surface area contributed by atoms with Crippen molar-refractivity contribution in [2.45, 2.75) is 33.6 Å². The second-order valence-corrected chi connectivity index (χ2v) is 4.78. The van der Waals surface area contributed by atoms with Gasteiger partial charge in [0.05, 0.1) is 12.1 Å². The molecule has 0 radical (unpaired) electrons. The molecular weight excluding hydrogens is 204 g/mol. The van der Waals surface area contributed by atoms with Gasteiger partial charge in [0.25, 0.3) is 0 Å². The van der Waals surface area contributed by atoms with E-state index in [0.717, 1.165) is 12.1 Å². The Bertz CT molecular complexity index is 369. The Kier molecular flexibility index (Phi) is 4.10. The maximum atomic E-state index is 10.8. The summed E-state index contributed by atoms with van der Waals surface area (Å²) in [6.07, 6.45) is 3.35. The normalized spacial score (nSPS) is 13.1. The lowest BCUT2D eigenvalue weighted by Gasteiger charge is -2.10. The van der Waals surface area contributed by atoms with Crippen LogP contribution in [-0.4, -0.2) is 20.9 Å². The first-order valence-corrected chi connectivity index (χ1v) is 5.64. The Morgan fingerprint density at radius 2 is 2.06 bits per heavy atom. The molecule has 0 spiro atoms. The molecule has 0 fully saturated rings. The number of rotatable bonds is 5. The highest BCUT2D eigenvalue weighted by Gasteiger charge is 2.17. The minimum Gasteiger partial charge on any atom is -0.481 e. The van der Waals surface area contributed by atoms with Crippen LogP contribution in [0.4, 0.5) is 0 Å². The number of nitrogens with zero attached hydrogens (tertiary/aromatic N) is 2. The Morgan fingerprint density at radius 3 is 2.56 bits per heavy atom. The number of hydrogen-bond donors (Lipinski definition) is 1. The molecule has 4 nitrogen and oxygen atoms in total. The standard InChI is InChI=1S/C12H20N2O2/c1-8(2)5-10-7-13-14(4)11(10)6-9(3)12(15)16/h7-9H,5-6H2,1-4H3,(H,15,16). The van der Waals surface area contributed by atoms with E-state index >= 15 is 0 Å². The van der Waals surface area contributed by atoms with Crippen molar-refractivity contribution in [3.63, 3.8) is 0 Å². The van der Waals surface area contributed by atoms with Crippen LogP contribution in [0, 0.1) is 11.8 Å². The third-order valence-corrected chi connectivity index (χ3v) is 2.70. The second-order valence-electron chi connectivity index (χ2n) is 4.78. The highest BCUT2D eigenvalue weighted by atomic mass is 16.4. The molecule has 1 N–H and O–H groups in total. The molecule has 4 heteroatoms. The van der Waals surface area contributed by atoms with Crippen molar-refractivity contribution >= 4 is 5.97 Å². The van der Waals surface area contributed by atoms with Crippen LogP contribution < -0.4 is 0 Å². The molecule has 0 bridgehead atoms. The fourth-order valence-electron chi connectivity index (χ4n) is 1.76. The van der Waals surface area contributed by atoms with Gasteiger partial charge in [-0.15, -0.1) is 0 Å². The molecule has 0 saturated carbocycles. The average Bonchev–Trinajstić information content (AvgIpc) is 2.48. The first kappa shape index (κ1) is 12.7. The van der Waals surface area contributed by atoms with Crippen molar-refractivity contribution in [2.24, 2.45) is 18.9 Å². The van der Waals surface area contributed by atoms with E-state index in [-0.39, 0.29) is 5.92 Å². The predicted molar refractivity (Wildman–Crippen MR) is 62.3 cm³/mol. The monoisotopic (exact) mass is 224 g/mol. The van der Waals surface area contributed by atoms with Crippen molar-refractivity contribution in [3.05, 3.63) is 17.5 Å². The van der Waals surface area contributed by atoms with Gasteiger partial charge in [0, 0.05) is 19.2 Å². The Hall–Kier alpha value is -1.32. The van der Waals surface area contributed by atoms with E-state index in [4.69, 9.17) is 5.11 Å². The highest BCUT2D eigenvalue weighted by molar-refractivity contribution is 5.69. The first-order valence-electron chi connectivity index (χ1n) is 5.64. The van der Waals surface area contributed by atoms with Crippen molar-refractivity contribution < 1.29 is 9.90 Å². The van der Waals surface area contributed by atoms with E-state index in [0.29, 0.717) is 12.3 Å². The van der Waals surface area contributed by atoms with Crippen LogP contribution in [0.3, 0.4) is 0 Å². The molecule has 1 atom stereocenters. The molecule has 0 aliphatic heterocycles. The largest absolute Gasteiger partial charge is 0.481 e. The summed E-state index contributed by atoms with van der Waals surface area (Å²) in [7, 11) is 1.87. The zero-order valence-electron chi connectivity index (χ0n) is 10.4. The molecule has 0 saturated heterocycles. The predicted octanol–water partition coefficient (Wildman–Crippen LogP) is 1.88. The van der Waals surface area contributed by atoms with Crippen LogP contribution in [0.2, 0.25) is 0 Å². The molecule has 1 aromatic heterocycles. The van der Waals surface area contributed by atoms with E-state index in [9.17, 15) is 4.79 Å². The van der Waals surface area contributed by atoms with Crippen molar-refractivity contribution in [2.75, 3.05) is 0 Å². The molecule has 16 heavy (non-hydrogen) atoms. The SMILES string of the molecule is CC(C)Cc1cnn(C)c1CC(C)C(=O)O. The van der Waals surface area contributed by atoms with Crippen molar-refractivity contribution in [3.8, 4) is 0 Å². The van der Waals surface area contributed by atoms with Crippen LogP contribution in [0.25, 0.3) is 0 Å². The molecule has 1 rings (SSSR count). The molecule has 0 aromatic carbocycles. The summed E-state index contributed by atoms with van der Waals surface area (Å²) in [6, 6.07) is 0. The lowest BCUT2D eigenvalue weighted by atomic mass is 9.98. The van der Waals surface area contributed by atoms with Gasteiger partial charge in [0.2, 0.25) is 0 Å². The van der Waals surface area contributed by atoms with E-state index in [2.05, 4.69) is 18.9 Å². The second kappa shape index (κ2) is 5.14. The summed E-state index contributed by atoms with van der Waals surface area (Å²) in [5.74, 6) is -0.555. The molecule has 90 valence electrons. The molecule has 0 aliphatic rings. The van der Waals surface area contributed by atoms with Gasteiger partial charge in [-0.25, -0.2) is 0 Å². The lowest BCUT2D eigenvalue weighted by molar-refractivity contribution is -0.141. The van der Waals surface area contributed by atoms with Crippen LogP contribution in [0.5, 0.6) is 0 Å². The number of aromatic nitrogens is 2. The third-order valence-electron chi connectivity index (χ3n) is 2.70. The summed E-state index contributed by atoms with van der Waals surface area (Å²) >= 11 is 0. The molecule has 1 unspecified atom stereocenters. The zero-order chi connectivity index (χ0) is 12.3. The fourth-order valence-corrected chi connectivity index (χ4v) is 1.76. The Balaban J connectivity index is 2.85. The number of carboxylic acids is 1. The number of hydrogen-bond acceptors (Lipinski definition) is 2. The summed E-state index contributed by atoms with van der Waals surface area (Å²) < 4.78 is 1.79. The van der Waals surface area contributed by atoms with Gasteiger partial charge in [-0.2, -0.15) is 5.10 Å². The van der Waals surface area contributed by atoms with Crippen LogP contribution in [0.15, 0.2) is 6.20 Å². The Labute approximate surface area is 96.3 Å². The number of carbonyl (C=O) groups is 1. The van der Waals surface area contributed by atoms with Crippen molar-refractivity contribution in [1.82, 2.24) is 9.78 Å². The van der Waals surface area contributed by atoms with Gasteiger partial charge in [-0.05, 0) is 17.9 Å². The van der Waals surface area contributed by atoms with Gasteiger partial charge < -0.3 is 5.11 Å². The van der Waals surface area contributed by atoms with E-state index in [1.165, 1.54) is 5.56 Å². The van der Waals surface area contributed by atoms with Gasteiger partial charge in [0.1, 0.15) is 0 Å². The van der Waals surface area contributed by atoms with Gasteiger partial charge in [-0.1, -0.05) is 20.8 Å². The minimum atomic E-state index is -0.753. The zero-order valence-corrected chi connectivity index (χ0v) is 10.4. The number of aliphatic carboxylic acids is 1. The van der Waals surface area contributed by atoms with Crippen LogP contribution >= 0.6 is 0 Å². The van der Waals surface area contributed by atoms with Gasteiger partial charge in [0.15, 0.2) is 0 Å².